The van der Waals surface area contributed by atoms with Crippen molar-refractivity contribution in [1.29, 1.82) is 0 Å². The van der Waals surface area contributed by atoms with Crippen LogP contribution in [0, 0.1) is 0 Å². The second-order valence-corrected chi connectivity index (χ2v) is 7.39. The molecule has 1 saturated heterocycles. The first-order valence-electron chi connectivity index (χ1n) is 8.34. The van der Waals surface area contributed by atoms with Crippen molar-refractivity contribution in [3.63, 3.8) is 0 Å². The Hall–Kier alpha value is -1.66. The van der Waals surface area contributed by atoms with Crippen LogP contribution in [-0.4, -0.2) is 48.1 Å². The van der Waals surface area contributed by atoms with E-state index in [2.05, 4.69) is 60.4 Å². The predicted molar refractivity (Wildman–Crippen MR) is 102 cm³/mol. The third-order valence-electron chi connectivity index (χ3n) is 4.26. The number of benzene rings is 1. The third kappa shape index (κ3) is 4.68. The van der Waals surface area contributed by atoms with Gasteiger partial charge in [0.25, 0.3) is 0 Å². The van der Waals surface area contributed by atoms with Crippen LogP contribution in [0.3, 0.4) is 0 Å². The summed E-state index contributed by atoms with van der Waals surface area (Å²) >= 11 is 3.49. The molecule has 0 aliphatic carbocycles. The zero-order chi connectivity index (χ0) is 16.9. The van der Waals surface area contributed by atoms with E-state index >= 15 is 0 Å². The normalized spacial score (nSPS) is 18.4. The minimum Gasteiger partial charge on any atom is -0.363 e. The molecule has 128 valence electrons. The van der Waals surface area contributed by atoms with Gasteiger partial charge in [-0.05, 0) is 43.1 Å². The molecule has 1 N–H and O–H groups in total. The van der Waals surface area contributed by atoms with E-state index in [1.807, 2.05) is 31.3 Å². The first kappa shape index (κ1) is 17.2. The van der Waals surface area contributed by atoms with Gasteiger partial charge in [0.15, 0.2) is 0 Å². The van der Waals surface area contributed by atoms with Gasteiger partial charge in [-0.1, -0.05) is 28.1 Å². The second kappa shape index (κ2) is 7.94. The largest absolute Gasteiger partial charge is 0.363 e. The lowest BCUT2D eigenvalue weighted by Gasteiger charge is -2.33. The number of rotatable bonds is 5. The van der Waals surface area contributed by atoms with Gasteiger partial charge in [-0.15, -0.1) is 0 Å². The number of nitrogens with one attached hydrogen (secondary N) is 1. The molecule has 1 unspecified atom stereocenters. The Kier molecular flexibility index (Phi) is 5.68. The maximum Gasteiger partial charge on any atom is 0.224 e. The minimum absolute atomic E-state index is 0.395. The number of aromatic nitrogens is 2. The molecular weight excluding hydrogens is 366 g/mol. The molecule has 1 aliphatic heterocycles. The van der Waals surface area contributed by atoms with Gasteiger partial charge >= 0.3 is 0 Å². The quantitative estimate of drug-likeness (QED) is 0.848. The molecule has 2 heterocycles. The average molecular weight is 390 g/mol. The lowest BCUT2D eigenvalue weighted by atomic mass is 10.0. The van der Waals surface area contributed by atoms with Gasteiger partial charge in [-0.25, -0.2) is 4.98 Å². The van der Waals surface area contributed by atoms with E-state index in [1.165, 1.54) is 12.0 Å². The summed E-state index contributed by atoms with van der Waals surface area (Å²) in [5, 5.41) is 3.50. The van der Waals surface area contributed by atoms with Gasteiger partial charge in [0, 0.05) is 43.9 Å². The van der Waals surface area contributed by atoms with Crippen LogP contribution in [0.25, 0.3) is 0 Å². The van der Waals surface area contributed by atoms with E-state index in [1.54, 1.807) is 0 Å². The van der Waals surface area contributed by atoms with E-state index in [4.69, 9.17) is 0 Å². The van der Waals surface area contributed by atoms with Gasteiger partial charge < -0.3 is 10.2 Å². The van der Waals surface area contributed by atoms with Crippen LogP contribution in [0.5, 0.6) is 0 Å². The highest BCUT2D eigenvalue weighted by atomic mass is 79.9. The summed E-state index contributed by atoms with van der Waals surface area (Å²) in [6.07, 6.45) is 4.17. The van der Waals surface area contributed by atoms with Crippen molar-refractivity contribution in [3.05, 3.63) is 46.6 Å². The van der Waals surface area contributed by atoms with Crippen LogP contribution in [-0.2, 0) is 6.54 Å². The maximum atomic E-state index is 4.57. The first-order chi connectivity index (χ1) is 11.6. The SMILES string of the molecule is CN(C)c1ccnc(NC2CCCN(Cc3ccc(Br)cc3)C2)n1. The van der Waals surface area contributed by atoms with Crippen molar-refractivity contribution in [2.45, 2.75) is 25.4 Å². The Bertz CT molecular complexity index is 659. The van der Waals surface area contributed by atoms with E-state index in [-0.39, 0.29) is 0 Å². The van der Waals surface area contributed by atoms with Gasteiger partial charge in [-0.2, -0.15) is 4.98 Å². The van der Waals surface area contributed by atoms with Crippen LogP contribution >= 0.6 is 15.9 Å². The molecule has 1 fully saturated rings. The molecule has 1 aromatic heterocycles. The molecule has 0 radical (unpaired) electrons. The van der Waals surface area contributed by atoms with Crippen LogP contribution in [0.1, 0.15) is 18.4 Å². The summed E-state index contributed by atoms with van der Waals surface area (Å²) in [5.41, 5.74) is 1.35. The van der Waals surface area contributed by atoms with Crippen molar-refractivity contribution >= 4 is 27.7 Å². The minimum atomic E-state index is 0.395. The highest BCUT2D eigenvalue weighted by Gasteiger charge is 2.20. The van der Waals surface area contributed by atoms with Gasteiger partial charge in [0.1, 0.15) is 5.82 Å². The highest BCUT2D eigenvalue weighted by Crippen LogP contribution is 2.18. The van der Waals surface area contributed by atoms with Gasteiger partial charge in [0.2, 0.25) is 5.95 Å². The standard InChI is InChI=1S/C18H24BrN5/c1-23(2)17-9-10-20-18(22-17)21-16-4-3-11-24(13-16)12-14-5-7-15(19)8-6-14/h5-10,16H,3-4,11-13H2,1-2H3,(H,20,21,22). The van der Waals surface area contributed by atoms with Crippen LogP contribution in [0.2, 0.25) is 0 Å². The van der Waals surface area contributed by atoms with Gasteiger partial charge in [0.05, 0.1) is 0 Å². The highest BCUT2D eigenvalue weighted by molar-refractivity contribution is 9.10. The van der Waals surface area contributed by atoms with Crippen molar-refractivity contribution < 1.29 is 0 Å². The number of likely N-dealkylation sites (tertiary alicyclic amines) is 1. The summed E-state index contributed by atoms with van der Waals surface area (Å²) in [7, 11) is 3.99. The number of hydrogen-bond acceptors (Lipinski definition) is 5. The number of anilines is 2. The van der Waals surface area contributed by atoms with E-state index < -0.39 is 0 Å². The fourth-order valence-electron chi connectivity index (χ4n) is 3.02. The molecule has 1 atom stereocenters. The van der Waals surface area contributed by atoms with E-state index in [0.717, 1.165) is 42.3 Å². The zero-order valence-corrected chi connectivity index (χ0v) is 15.8. The second-order valence-electron chi connectivity index (χ2n) is 6.48. The summed E-state index contributed by atoms with van der Waals surface area (Å²) in [6.45, 7) is 3.16. The van der Waals surface area contributed by atoms with Crippen molar-refractivity contribution in [3.8, 4) is 0 Å². The van der Waals surface area contributed by atoms with Crippen LogP contribution < -0.4 is 10.2 Å². The molecule has 1 aromatic carbocycles. The number of piperidine rings is 1. The molecule has 6 heteroatoms. The zero-order valence-electron chi connectivity index (χ0n) is 14.2. The predicted octanol–water partition coefficient (Wildman–Crippen LogP) is 3.38. The fraction of sp³-hybridized carbons (Fsp3) is 0.444. The fourth-order valence-corrected chi connectivity index (χ4v) is 3.28. The Balaban J connectivity index is 1.59. The molecule has 0 saturated carbocycles. The molecule has 5 nitrogen and oxygen atoms in total. The Morgan fingerprint density at radius 1 is 1.25 bits per heavy atom. The molecule has 3 rings (SSSR count). The summed E-state index contributed by atoms with van der Waals surface area (Å²) in [5.74, 6) is 1.65. The third-order valence-corrected chi connectivity index (χ3v) is 4.79. The Morgan fingerprint density at radius 3 is 2.79 bits per heavy atom. The first-order valence-corrected chi connectivity index (χ1v) is 9.13. The molecule has 0 spiro atoms. The Morgan fingerprint density at radius 2 is 2.04 bits per heavy atom. The molecule has 1 aliphatic rings. The lowest BCUT2D eigenvalue weighted by Crippen LogP contribution is -2.41. The van der Waals surface area contributed by atoms with Crippen molar-refractivity contribution in [2.75, 3.05) is 37.4 Å². The summed E-state index contributed by atoms with van der Waals surface area (Å²) in [4.78, 5) is 13.4. The average Bonchev–Trinajstić information content (AvgIpc) is 2.57. The van der Waals surface area contributed by atoms with Gasteiger partial charge in [-0.3, -0.25) is 4.90 Å². The van der Waals surface area contributed by atoms with E-state index in [9.17, 15) is 0 Å². The monoisotopic (exact) mass is 389 g/mol. The topological polar surface area (TPSA) is 44.3 Å². The number of hydrogen-bond donors (Lipinski definition) is 1. The maximum absolute atomic E-state index is 4.57. The molecule has 24 heavy (non-hydrogen) atoms. The van der Waals surface area contributed by atoms with Crippen molar-refractivity contribution in [1.82, 2.24) is 14.9 Å². The molecule has 0 amide bonds. The smallest absolute Gasteiger partial charge is 0.224 e. The van der Waals surface area contributed by atoms with E-state index in [0.29, 0.717) is 6.04 Å². The van der Waals surface area contributed by atoms with Crippen LogP contribution in [0.4, 0.5) is 11.8 Å². The molecule has 0 bridgehead atoms. The summed E-state index contributed by atoms with van der Waals surface area (Å²) < 4.78 is 1.13. The number of nitrogens with zero attached hydrogens (tertiary/aromatic N) is 4. The Labute approximate surface area is 152 Å². The molecular formula is C18H24BrN5. The van der Waals surface area contributed by atoms with Crippen LogP contribution in [0.15, 0.2) is 41.0 Å². The number of halogens is 1. The summed E-state index contributed by atoms with van der Waals surface area (Å²) in [6, 6.07) is 10.9. The molecule has 2 aromatic rings. The lowest BCUT2D eigenvalue weighted by molar-refractivity contribution is 0.208. The van der Waals surface area contributed by atoms with Crippen molar-refractivity contribution in [2.24, 2.45) is 0 Å².